The van der Waals surface area contributed by atoms with Crippen LogP contribution in [0.15, 0.2) is 22.7 Å². The standard InChI is InChI=1S/C15H14BrFIN3/c1-2-19-15-12(18)13(8-3-4-8)20-14(21-15)9-5-6-10(16)11(17)7-9/h5-8H,2-4H2,1H3,(H,19,20,21). The SMILES string of the molecule is CCNc1nc(-c2ccc(Br)c(F)c2)nc(C2CC2)c1I. The Bertz CT molecular complexity index is 689. The third-order valence-electron chi connectivity index (χ3n) is 3.36. The number of benzene rings is 1. The van der Waals surface area contributed by atoms with Gasteiger partial charge in [-0.1, -0.05) is 0 Å². The van der Waals surface area contributed by atoms with Crippen molar-refractivity contribution in [2.24, 2.45) is 0 Å². The first-order valence-electron chi connectivity index (χ1n) is 6.87. The molecule has 6 heteroatoms. The van der Waals surface area contributed by atoms with Crippen molar-refractivity contribution in [2.45, 2.75) is 25.7 Å². The highest BCUT2D eigenvalue weighted by Gasteiger charge is 2.29. The zero-order valence-corrected chi connectivity index (χ0v) is 15.2. The molecule has 0 amide bonds. The van der Waals surface area contributed by atoms with Crippen molar-refractivity contribution >= 4 is 44.3 Å². The summed E-state index contributed by atoms with van der Waals surface area (Å²) in [5.74, 6) is 1.65. The molecule has 2 aromatic rings. The van der Waals surface area contributed by atoms with Crippen LogP contribution in [-0.4, -0.2) is 16.5 Å². The van der Waals surface area contributed by atoms with Crippen LogP contribution in [0.3, 0.4) is 0 Å². The second kappa shape index (κ2) is 6.16. The van der Waals surface area contributed by atoms with Gasteiger partial charge in [0.2, 0.25) is 0 Å². The van der Waals surface area contributed by atoms with E-state index in [0.29, 0.717) is 21.8 Å². The largest absolute Gasteiger partial charge is 0.369 e. The Morgan fingerprint density at radius 2 is 2.14 bits per heavy atom. The first-order chi connectivity index (χ1) is 10.1. The van der Waals surface area contributed by atoms with Crippen molar-refractivity contribution in [1.29, 1.82) is 0 Å². The van der Waals surface area contributed by atoms with Crippen LogP contribution in [0, 0.1) is 9.39 Å². The van der Waals surface area contributed by atoms with E-state index in [-0.39, 0.29) is 5.82 Å². The maximum atomic E-state index is 13.7. The van der Waals surface area contributed by atoms with Gasteiger partial charge in [-0.25, -0.2) is 14.4 Å². The summed E-state index contributed by atoms with van der Waals surface area (Å²) >= 11 is 5.47. The van der Waals surface area contributed by atoms with Crippen molar-refractivity contribution in [3.8, 4) is 11.4 Å². The highest BCUT2D eigenvalue weighted by Crippen LogP contribution is 2.43. The van der Waals surface area contributed by atoms with Gasteiger partial charge in [0.25, 0.3) is 0 Å². The topological polar surface area (TPSA) is 37.8 Å². The van der Waals surface area contributed by atoms with Crippen LogP contribution >= 0.6 is 38.5 Å². The summed E-state index contributed by atoms with van der Waals surface area (Å²) in [4.78, 5) is 9.24. The fraction of sp³-hybridized carbons (Fsp3) is 0.333. The van der Waals surface area contributed by atoms with E-state index in [0.717, 1.165) is 21.6 Å². The lowest BCUT2D eigenvalue weighted by molar-refractivity contribution is 0.621. The zero-order chi connectivity index (χ0) is 15.0. The highest BCUT2D eigenvalue weighted by atomic mass is 127. The molecule has 1 fully saturated rings. The number of nitrogens with one attached hydrogen (secondary N) is 1. The molecular formula is C15H14BrFIN3. The zero-order valence-electron chi connectivity index (χ0n) is 11.5. The summed E-state index contributed by atoms with van der Waals surface area (Å²) < 4.78 is 15.3. The van der Waals surface area contributed by atoms with Crippen LogP contribution < -0.4 is 5.32 Å². The predicted octanol–water partition coefficient (Wildman–Crippen LogP) is 4.96. The summed E-state index contributed by atoms with van der Waals surface area (Å²) in [5.41, 5.74) is 1.79. The van der Waals surface area contributed by atoms with Crippen LogP contribution in [0.1, 0.15) is 31.4 Å². The molecular weight excluding hydrogens is 448 g/mol. The Hall–Kier alpha value is -0.760. The molecule has 3 rings (SSSR count). The van der Waals surface area contributed by atoms with Crippen LogP contribution in [0.25, 0.3) is 11.4 Å². The van der Waals surface area contributed by atoms with Gasteiger partial charge in [0, 0.05) is 18.0 Å². The number of nitrogens with zero attached hydrogens (tertiary/aromatic N) is 2. The minimum atomic E-state index is -0.298. The van der Waals surface area contributed by atoms with E-state index >= 15 is 0 Å². The summed E-state index contributed by atoms with van der Waals surface area (Å²) in [6.07, 6.45) is 2.35. The molecule has 0 unspecified atom stereocenters. The van der Waals surface area contributed by atoms with E-state index in [1.165, 1.54) is 18.9 Å². The Kier molecular flexibility index (Phi) is 4.44. The van der Waals surface area contributed by atoms with E-state index in [2.05, 4.69) is 53.8 Å². The average molecular weight is 462 g/mol. The van der Waals surface area contributed by atoms with Crippen molar-refractivity contribution in [2.75, 3.05) is 11.9 Å². The van der Waals surface area contributed by atoms with E-state index in [1.807, 2.05) is 13.0 Å². The fourth-order valence-corrected chi connectivity index (χ4v) is 3.26. The first-order valence-corrected chi connectivity index (χ1v) is 8.74. The molecule has 1 aliphatic rings. The molecule has 1 heterocycles. The Morgan fingerprint density at radius 3 is 2.76 bits per heavy atom. The molecule has 3 nitrogen and oxygen atoms in total. The number of aromatic nitrogens is 2. The van der Waals surface area contributed by atoms with Crippen LogP contribution in [0.2, 0.25) is 0 Å². The lowest BCUT2D eigenvalue weighted by atomic mass is 10.2. The third-order valence-corrected chi connectivity index (χ3v) is 5.07. The molecule has 110 valence electrons. The van der Waals surface area contributed by atoms with Gasteiger partial charge in [-0.15, -0.1) is 0 Å². The van der Waals surface area contributed by atoms with Gasteiger partial charge < -0.3 is 5.32 Å². The Labute approximate surface area is 145 Å². The number of hydrogen-bond donors (Lipinski definition) is 1. The molecule has 0 aliphatic heterocycles. The number of halogens is 3. The van der Waals surface area contributed by atoms with Gasteiger partial charge in [0.1, 0.15) is 11.6 Å². The Balaban J connectivity index is 2.10. The van der Waals surface area contributed by atoms with Crippen molar-refractivity contribution < 1.29 is 4.39 Å². The van der Waals surface area contributed by atoms with E-state index < -0.39 is 0 Å². The van der Waals surface area contributed by atoms with Crippen LogP contribution in [-0.2, 0) is 0 Å². The molecule has 0 saturated heterocycles. The van der Waals surface area contributed by atoms with Gasteiger partial charge >= 0.3 is 0 Å². The number of rotatable bonds is 4. The maximum Gasteiger partial charge on any atom is 0.161 e. The van der Waals surface area contributed by atoms with E-state index in [4.69, 9.17) is 0 Å². The summed E-state index contributed by atoms with van der Waals surface area (Å²) in [6.45, 7) is 2.83. The van der Waals surface area contributed by atoms with Crippen LogP contribution in [0.4, 0.5) is 10.2 Å². The smallest absolute Gasteiger partial charge is 0.161 e. The number of anilines is 1. The van der Waals surface area contributed by atoms with Gasteiger partial charge in [-0.05, 0) is 76.5 Å². The van der Waals surface area contributed by atoms with E-state index in [1.54, 1.807) is 6.07 Å². The maximum absolute atomic E-state index is 13.7. The molecule has 1 aliphatic carbocycles. The molecule has 0 radical (unpaired) electrons. The summed E-state index contributed by atoms with van der Waals surface area (Å²) in [5, 5.41) is 3.27. The second-order valence-electron chi connectivity index (χ2n) is 5.03. The van der Waals surface area contributed by atoms with Crippen molar-refractivity contribution in [3.63, 3.8) is 0 Å². The minimum Gasteiger partial charge on any atom is -0.369 e. The molecule has 0 atom stereocenters. The van der Waals surface area contributed by atoms with Gasteiger partial charge in [0.15, 0.2) is 5.82 Å². The predicted molar refractivity (Wildman–Crippen MR) is 94.0 cm³/mol. The molecule has 1 aromatic heterocycles. The quantitative estimate of drug-likeness (QED) is 0.654. The molecule has 1 N–H and O–H groups in total. The molecule has 1 aromatic carbocycles. The fourth-order valence-electron chi connectivity index (χ4n) is 2.14. The molecule has 0 bridgehead atoms. The van der Waals surface area contributed by atoms with Gasteiger partial charge in [0.05, 0.1) is 13.7 Å². The summed E-state index contributed by atoms with van der Waals surface area (Å²) in [6, 6.07) is 5.00. The van der Waals surface area contributed by atoms with Gasteiger partial charge in [-0.2, -0.15) is 0 Å². The molecule has 1 saturated carbocycles. The lowest BCUT2D eigenvalue weighted by Crippen LogP contribution is -2.07. The van der Waals surface area contributed by atoms with Crippen molar-refractivity contribution in [1.82, 2.24) is 9.97 Å². The average Bonchev–Trinajstić information content (AvgIpc) is 3.29. The highest BCUT2D eigenvalue weighted by molar-refractivity contribution is 14.1. The minimum absolute atomic E-state index is 0.298. The first kappa shape index (κ1) is 15.1. The monoisotopic (exact) mass is 461 g/mol. The number of hydrogen-bond acceptors (Lipinski definition) is 3. The third kappa shape index (κ3) is 3.21. The second-order valence-corrected chi connectivity index (χ2v) is 6.96. The van der Waals surface area contributed by atoms with E-state index in [9.17, 15) is 4.39 Å². The van der Waals surface area contributed by atoms with Crippen molar-refractivity contribution in [3.05, 3.63) is 37.8 Å². The normalized spacial score (nSPS) is 14.3. The van der Waals surface area contributed by atoms with Gasteiger partial charge in [-0.3, -0.25) is 0 Å². The Morgan fingerprint density at radius 1 is 1.38 bits per heavy atom. The molecule has 0 spiro atoms. The molecule has 21 heavy (non-hydrogen) atoms. The van der Waals surface area contributed by atoms with Crippen LogP contribution in [0.5, 0.6) is 0 Å². The summed E-state index contributed by atoms with van der Waals surface area (Å²) in [7, 11) is 0. The lowest BCUT2D eigenvalue weighted by Gasteiger charge is -2.12.